The van der Waals surface area contributed by atoms with Gasteiger partial charge in [0.2, 0.25) is 5.92 Å². The van der Waals surface area contributed by atoms with E-state index in [1.54, 1.807) is 12.3 Å². The Kier molecular flexibility index (Phi) is 3.74. The molecule has 1 unspecified atom stereocenters. The second-order valence-corrected chi connectivity index (χ2v) is 4.02. The molecule has 4 nitrogen and oxygen atoms in total. The monoisotopic (exact) mass is 232 g/mol. The van der Waals surface area contributed by atoms with Crippen molar-refractivity contribution in [3.05, 3.63) is 12.3 Å². The van der Waals surface area contributed by atoms with E-state index in [1.165, 1.54) is 6.21 Å². The number of nitrogens with two attached hydrogens (primary N) is 1. The number of amides is 2. The molecule has 90 valence electrons. The molecule has 1 aliphatic heterocycles. The molecule has 0 aromatic carbocycles. The lowest BCUT2D eigenvalue weighted by molar-refractivity contribution is -0.801. The highest BCUT2D eigenvalue weighted by molar-refractivity contribution is 5.75. The number of carbonyl (C=O) groups excluding carboxylic acids is 1. The fourth-order valence-corrected chi connectivity index (χ4v) is 1.54. The molecule has 1 rings (SSSR count). The number of hydrogen-bond donors (Lipinski definition) is 1. The number of rotatable bonds is 5. The number of primary amides is 1. The summed E-state index contributed by atoms with van der Waals surface area (Å²) in [7, 11) is 0. The zero-order valence-corrected chi connectivity index (χ0v) is 9.20. The molecule has 0 spiro atoms. The first-order valence-corrected chi connectivity index (χ1v) is 5.15. The van der Waals surface area contributed by atoms with Gasteiger partial charge in [0.25, 0.3) is 0 Å². The predicted molar refractivity (Wildman–Crippen MR) is 56.8 cm³/mol. The summed E-state index contributed by atoms with van der Waals surface area (Å²) in [6.45, 7) is 1.22. The number of hydrogen-bond acceptors (Lipinski definition) is 2. The van der Waals surface area contributed by atoms with Gasteiger partial charge in [0.15, 0.2) is 0 Å². The van der Waals surface area contributed by atoms with Crippen molar-refractivity contribution in [2.75, 3.05) is 6.54 Å². The third kappa shape index (κ3) is 3.37. The Morgan fingerprint density at radius 3 is 2.62 bits per heavy atom. The summed E-state index contributed by atoms with van der Waals surface area (Å²) in [6.07, 6.45) is 5.32. The molecule has 0 aromatic rings. The van der Waals surface area contributed by atoms with E-state index >= 15 is 0 Å². The van der Waals surface area contributed by atoms with E-state index in [4.69, 9.17) is 5.73 Å². The molecule has 1 atom stereocenters. The number of carbonyl (C=O) groups is 1. The number of unbranched alkanes of at least 4 members (excludes halogenated alkanes) is 1. The van der Waals surface area contributed by atoms with Gasteiger partial charge in [-0.05, 0) is 13.3 Å². The lowest BCUT2D eigenvalue weighted by Crippen LogP contribution is -2.46. The predicted octanol–water partition coefficient (Wildman–Crippen LogP) is 2.22. The Labute approximate surface area is 93.0 Å². The number of nitrogens with zero attached hydrogens (tertiary/aromatic N) is 2. The lowest BCUT2D eigenvalue weighted by Gasteiger charge is -2.20. The maximum Gasteiger partial charge on any atom is 0.445 e. The molecular formula is C10H16F2N3O+. The zero-order valence-electron chi connectivity index (χ0n) is 9.20. The van der Waals surface area contributed by atoms with Crippen LogP contribution in [-0.2, 0) is 0 Å². The van der Waals surface area contributed by atoms with Crippen LogP contribution in [0.5, 0.6) is 0 Å². The van der Waals surface area contributed by atoms with Gasteiger partial charge in [-0.15, -0.1) is 0 Å². The molecule has 0 radical (unpaired) electrons. The van der Waals surface area contributed by atoms with Crippen LogP contribution in [0.3, 0.4) is 0 Å². The fourth-order valence-electron chi connectivity index (χ4n) is 1.54. The molecule has 0 saturated heterocycles. The molecule has 2 N–H and O–H groups in total. The number of urea groups is 1. The molecule has 1 aliphatic rings. The molecule has 2 amide bonds. The van der Waals surface area contributed by atoms with Crippen molar-refractivity contribution in [2.24, 2.45) is 10.8 Å². The van der Waals surface area contributed by atoms with Crippen LogP contribution in [0.1, 0.15) is 26.2 Å². The second kappa shape index (κ2) is 4.69. The van der Waals surface area contributed by atoms with Crippen LogP contribution in [0.25, 0.3) is 0 Å². The van der Waals surface area contributed by atoms with E-state index in [1.807, 2.05) is 0 Å². The van der Waals surface area contributed by atoms with Gasteiger partial charge >= 0.3 is 6.03 Å². The summed E-state index contributed by atoms with van der Waals surface area (Å²) in [4.78, 5) is 11.2. The summed E-state index contributed by atoms with van der Waals surface area (Å²) in [5.74, 6) is -2.65. The quantitative estimate of drug-likeness (QED) is 0.573. The van der Waals surface area contributed by atoms with Crippen LogP contribution in [-0.4, -0.2) is 29.3 Å². The zero-order chi connectivity index (χ0) is 12.2. The van der Waals surface area contributed by atoms with Gasteiger partial charge in [-0.25, -0.2) is 13.6 Å². The summed E-state index contributed by atoms with van der Waals surface area (Å²) in [5.41, 5.74) is 5.22. The number of alkyl halides is 2. The van der Waals surface area contributed by atoms with Gasteiger partial charge in [0.1, 0.15) is 12.7 Å². The van der Waals surface area contributed by atoms with Crippen molar-refractivity contribution in [2.45, 2.75) is 32.1 Å². The number of allylic oxidation sites excluding steroid dienone is 1. The van der Waals surface area contributed by atoms with Crippen molar-refractivity contribution in [3.8, 4) is 0 Å². The first-order valence-electron chi connectivity index (χ1n) is 5.15. The molecule has 0 bridgehead atoms. The van der Waals surface area contributed by atoms with E-state index in [0.29, 0.717) is 19.4 Å². The highest BCUT2D eigenvalue weighted by Crippen LogP contribution is 2.22. The Balaban J connectivity index is 2.39. The minimum absolute atomic E-state index is 0.181. The average Bonchev–Trinajstić information content (AvgIpc) is 2.60. The van der Waals surface area contributed by atoms with Crippen LogP contribution in [0.4, 0.5) is 13.6 Å². The normalized spacial score (nSPS) is 23.9. The summed E-state index contributed by atoms with van der Waals surface area (Å²) in [6, 6.07) is -0.590. The maximum atomic E-state index is 12.5. The van der Waals surface area contributed by atoms with E-state index in [-0.39, 0.29) is 11.0 Å². The minimum Gasteiger partial charge on any atom is -0.316 e. The first-order chi connectivity index (χ1) is 7.36. The van der Waals surface area contributed by atoms with Crippen LogP contribution in [0.2, 0.25) is 0 Å². The van der Waals surface area contributed by atoms with Crippen molar-refractivity contribution in [1.29, 1.82) is 0 Å². The minimum atomic E-state index is -2.65. The van der Waals surface area contributed by atoms with Crippen molar-refractivity contribution in [1.82, 2.24) is 0 Å². The van der Waals surface area contributed by atoms with Gasteiger partial charge in [-0.2, -0.15) is 0 Å². The maximum absolute atomic E-state index is 12.5. The number of halogens is 2. The second-order valence-electron chi connectivity index (χ2n) is 4.02. The smallest absolute Gasteiger partial charge is 0.316 e. The van der Waals surface area contributed by atoms with Crippen molar-refractivity contribution in [3.63, 3.8) is 0 Å². The van der Waals surface area contributed by atoms with Crippen molar-refractivity contribution >= 4 is 12.2 Å². The molecule has 0 aliphatic carbocycles. The summed E-state index contributed by atoms with van der Waals surface area (Å²) >= 11 is 0. The number of quaternary nitrogens is 1. The summed E-state index contributed by atoms with van der Waals surface area (Å²) < 4.78 is 24.8. The third-order valence-electron chi connectivity index (χ3n) is 2.44. The Morgan fingerprint density at radius 1 is 1.50 bits per heavy atom. The lowest BCUT2D eigenvalue weighted by atomic mass is 10.1. The van der Waals surface area contributed by atoms with Crippen molar-refractivity contribution < 1.29 is 18.2 Å². The Hall–Kier alpha value is -1.30. The van der Waals surface area contributed by atoms with Gasteiger partial charge in [-0.3, -0.25) is 0 Å². The van der Waals surface area contributed by atoms with Crippen LogP contribution in [0, 0.1) is 0 Å². The first kappa shape index (κ1) is 12.8. The Bertz CT molecular complexity index is 309. The van der Waals surface area contributed by atoms with E-state index < -0.39 is 12.0 Å². The topological polar surface area (TPSA) is 55.5 Å². The van der Waals surface area contributed by atoms with Crippen LogP contribution in [0.15, 0.2) is 17.4 Å². The van der Waals surface area contributed by atoms with Gasteiger partial charge in [-0.1, -0.05) is 9.69 Å². The molecule has 6 heteroatoms. The molecule has 16 heavy (non-hydrogen) atoms. The van der Waals surface area contributed by atoms with Gasteiger partial charge in [0, 0.05) is 18.9 Å². The summed E-state index contributed by atoms with van der Waals surface area (Å²) in [5, 5.41) is 3.94. The highest BCUT2D eigenvalue weighted by Gasteiger charge is 2.34. The third-order valence-corrected chi connectivity index (χ3v) is 2.44. The van der Waals surface area contributed by atoms with Gasteiger partial charge < -0.3 is 5.73 Å². The molecule has 1 heterocycles. The fraction of sp³-hybridized carbons (Fsp3) is 0.600. The van der Waals surface area contributed by atoms with E-state index in [9.17, 15) is 13.6 Å². The van der Waals surface area contributed by atoms with Crippen LogP contribution < -0.4 is 5.73 Å². The standard InChI is InChI=1S/C10H15F2N3O/c1-10(11,12)5-2-3-7-15(9(13)16)8-4-6-14-15/h4,6,8H,2-3,5,7H2,1H3,(H-,13,16)/p+1. The molecule has 0 fully saturated rings. The molecular weight excluding hydrogens is 216 g/mol. The van der Waals surface area contributed by atoms with Gasteiger partial charge in [0.05, 0.1) is 6.21 Å². The average molecular weight is 232 g/mol. The molecule has 0 saturated carbocycles. The SMILES string of the molecule is CC(F)(F)CCCC[N+]1(C(N)=O)C=CC=N1. The Morgan fingerprint density at radius 2 is 2.19 bits per heavy atom. The highest BCUT2D eigenvalue weighted by atomic mass is 19.3. The largest absolute Gasteiger partial charge is 0.445 e. The van der Waals surface area contributed by atoms with E-state index in [2.05, 4.69) is 5.10 Å². The molecule has 0 aromatic heterocycles. The van der Waals surface area contributed by atoms with E-state index in [0.717, 1.165) is 6.92 Å². The van der Waals surface area contributed by atoms with Crippen LogP contribution >= 0.6 is 0 Å².